The molecule has 0 aromatic heterocycles. The number of nitrogens with zero attached hydrogens (tertiary/aromatic N) is 2. The van der Waals surface area contributed by atoms with Crippen LogP contribution in [0.25, 0.3) is 0 Å². The normalized spacial score (nSPS) is 19.5. The fourth-order valence-corrected chi connectivity index (χ4v) is 3.58. The maximum absolute atomic E-state index is 12.8. The van der Waals surface area contributed by atoms with E-state index in [9.17, 15) is 18.4 Å². The Labute approximate surface area is 172 Å². The number of benzene rings is 2. The fourth-order valence-electron chi connectivity index (χ4n) is 3.58. The number of morpholine rings is 1. The van der Waals surface area contributed by atoms with Crippen molar-refractivity contribution >= 4 is 28.9 Å². The first-order valence-corrected chi connectivity index (χ1v) is 9.62. The molecular weight excluding hydrogens is 396 g/mol. The van der Waals surface area contributed by atoms with Crippen molar-refractivity contribution in [3.05, 3.63) is 48.5 Å². The maximum Gasteiger partial charge on any atom is 0.387 e. The zero-order chi connectivity index (χ0) is 21.1. The summed E-state index contributed by atoms with van der Waals surface area (Å²) in [5.74, 6) is -0.785. The highest BCUT2D eigenvalue weighted by molar-refractivity contribution is 6.23. The third-order valence-electron chi connectivity index (χ3n) is 5.05. The molecular formula is C21H21F2N3O4. The summed E-state index contributed by atoms with van der Waals surface area (Å²) in [6.45, 7) is 0.124. The summed E-state index contributed by atoms with van der Waals surface area (Å²) < 4.78 is 34.2. The van der Waals surface area contributed by atoms with E-state index in [-0.39, 0.29) is 24.0 Å². The number of hydrogen-bond acceptors (Lipinski definition) is 6. The van der Waals surface area contributed by atoms with Gasteiger partial charge in [-0.05, 0) is 48.5 Å². The Kier molecular flexibility index (Phi) is 5.80. The van der Waals surface area contributed by atoms with Crippen molar-refractivity contribution in [3.63, 3.8) is 0 Å². The Bertz CT molecular complexity index is 899. The number of rotatable bonds is 6. The second-order valence-electron chi connectivity index (χ2n) is 6.99. The third-order valence-corrected chi connectivity index (χ3v) is 5.05. The van der Waals surface area contributed by atoms with Crippen molar-refractivity contribution in [2.45, 2.75) is 19.1 Å². The van der Waals surface area contributed by atoms with Gasteiger partial charge in [0.15, 0.2) is 0 Å². The number of halogens is 2. The summed E-state index contributed by atoms with van der Waals surface area (Å²) in [6.07, 6.45) is 0.0132. The van der Waals surface area contributed by atoms with E-state index >= 15 is 0 Å². The molecule has 0 saturated carbocycles. The first-order chi connectivity index (χ1) is 14.5. The molecule has 4 rings (SSSR count). The largest absolute Gasteiger partial charge is 0.435 e. The number of alkyl halides is 2. The highest BCUT2D eigenvalue weighted by Crippen LogP contribution is 2.28. The van der Waals surface area contributed by atoms with Crippen LogP contribution in [0.1, 0.15) is 6.42 Å². The van der Waals surface area contributed by atoms with Gasteiger partial charge in [-0.3, -0.25) is 9.59 Å². The summed E-state index contributed by atoms with van der Waals surface area (Å²) in [7, 11) is 0. The minimum Gasteiger partial charge on any atom is -0.435 e. The fraction of sp³-hybridized carbons (Fsp3) is 0.333. The van der Waals surface area contributed by atoms with Gasteiger partial charge in [-0.2, -0.15) is 8.78 Å². The van der Waals surface area contributed by atoms with Crippen LogP contribution in [0.15, 0.2) is 48.5 Å². The Balaban J connectivity index is 1.41. The summed E-state index contributed by atoms with van der Waals surface area (Å²) in [6, 6.07) is 12.4. The van der Waals surface area contributed by atoms with Gasteiger partial charge in [0.05, 0.1) is 25.3 Å². The van der Waals surface area contributed by atoms with E-state index < -0.39 is 12.7 Å². The summed E-state index contributed by atoms with van der Waals surface area (Å²) in [4.78, 5) is 28.5. The molecule has 9 heteroatoms. The van der Waals surface area contributed by atoms with E-state index in [1.54, 1.807) is 0 Å². The third kappa shape index (κ3) is 4.35. The molecule has 2 aromatic rings. The van der Waals surface area contributed by atoms with Gasteiger partial charge in [0.2, 0.25) is 5.91 Å². The predicted octanol–water partition coefficient (Wildman–Crippen LogP) is 2.87. The molecule has 0 radical (unpaired) electrons. The van der Waals surface area contributed by atoms with E-state index in [0.717, 1.165) is 29.4 Å². The molecule has 2 heterocycles. The number of imide groups is 1. The molecule has 158 valence electrons. The van der Waals surface area contributed by atoms with Gasteiger partial charge >= 0.3 is 6.61 Å². The monoisotopic (exact) mass is 417 g/mol. The Morgan fingerprint density at radius 1 is 0.967 bits per heavy atom. The summed E-state index contributed by atoms with van der Waals surface area (Å²) in [5, 5.41) is 3.11. The number of hydrogen-bond donors (Lipinski definition) is 1. The molecule has 2 amide bonds. The van der Waals surface area contributed by atoms with Crippen molar-refractivity contribution in [2.75, 3.05) is 41.4 Å². The van der Waals surface area contributed by atoms with Gasteiger partial charge in [0.1, 0.15) is 11.8 Å². The molecule has 1 atom stereocenters. The molecule has 2 saturated heterocycles. The van der Waals surface area contributed by atoms with Crippen molar-refractivity contribution in [1.82, 2.24) is 0 Å². The van der Waals surface area contributed by atoms with Crippen LogP contribution in [0.5, 0.6) is 5.75 Å². The van der Waals surface area contributed by atoms with Gasteiger partial charge in [0, 0.05) is 24.5 Å². The Hall–Kier alpha value is -3.20. The Morgan fingerprint density at radius 2 is 1.60 bits per heavy atom. The number of anilines is 3. The predicted molar refractivity (Wildman–Crippen MR) is 107 cm³/mol. The standard InChI is InChI=1S/C21H21F2N3O4/c22-21(23)30-17-7-5-16(6-8-17)26-19(27)13-18(20(26)28)24-14-1-3-15(4-2-14)25-9-11-29-12-10-25/h1-8,18,21,24H,9-13H2/t18-/m0/s1. The van der Waals surface area contributed by atoms with Crippen LogP contribution in [0, 0.1) is 0 Å². The molecule has 0 aliphatic carbocycles. The zero-order valence-electron chi connectivity index (χ0n) is 16.1. The minimum atomic E-state index is -2.94. The van der Waals surface area contributed by atoms with Gasteiger partial charge in [-0.1, -0.05) is 0 Å². The highest BCUT2D eigenvalue weighted by Gasteiger charge is 2.39. The lowest BCUT2D eigenvalue weighted by Crippen LogP contribution is -2.36. The summed E-state index contributed by atoms with van der Waals surface area (Å²) >= 11 is 0. The van der Waals surface area contributed by atoms with Gasteiger partial charge in [-0.25, -0.2) is 4.90 Å². The van der Waals surface area contributed by atoms with Crippen molar-refractivity contribution in [3.8, 4) is 5.75 Å². The van der Waals surface area contributed by atoms with Crippen LogP contribution < -0.4 is 19.9 Å². The van der Waals surface area contributed by atoms with E-state index in [2.05, 4.69) is 15.0 Å². The average Bonchev–Trinajstić information content (AvgIpc) is 3.02. The van der Waals surface area contributed by atoms with Gasteiger partial charge in [-0.15, -0.1) is 0 Å². The van der Waals surface area contributed by atoms with Crippen molar-refractivity contribution < 1.29 is 27.8 Å². The van der Waals surface area contributed by atoms with Crippen LogP contribution in [0.4, 0.5) is 25.8 Å². The van der Waals surface area contributed by atoms with E-state index in [0.29, 0.717) is 18.9 Å². The molecule has 0 bridgehead atoms. The van der Waals surface area contributed by atoms with Crippen LogP contribution in [-0.4, -0.2) is 50.8 Å². The molecule has 2 aromatic carbocycles. The van der Waals surface area contributed by atoms with E-state index in [1.165, 1.54) is 24.3 Å². The molecule has 30 heavy (non-hydrogen) atoms. The molecule has 7 nitrogen and oxygen atoms in total. The van der Waals surface area contributed by atoms with E-state index in [1.807, 2.05) is 24.3 Å². The molecule has 2 fully saturated rings. The minimum absolute atomic E-state index is 0.0132. The van der Waals surface area contributed by atoms with Crippen LogP contribution in [0.3, 0.4) is 0 Å². The van der Waals surface area contributed by atoms with Crippen LogP contribution >= 0.6 is 0 Å². The molecule has 0 spiro atoms. The van der Waals surface area contributed by atoms with Gasteiger partial charge < -0.3 is 19.7 Å². The SMILES string of the molecule is O=C1C[C@H](Nc2ccc(N3CCOCC3)cc2)C(=O)N1c1ccc(OC(F)F)cc1. The topological polar surface area (TPSA) is 71.1 Å². The number of carbonyl (C=O) groups is 2. The number of carbonyl (C=O) groups excluding carboxylic acids is 2. The number of amides is 2. The molecule has 1 N–H and O–H groups in total. The molecule has 2 aliphatic rings. The average molecular weight is 417 g/mol. The lowest BCUT2D eigenvalue weighted by Gasteiger charge is -2.29. The second kappa shape index (κ2) is 8.66. The second-order valence-corrected chi connectivity index (χ2v) is 6.99. The van der Waals surface area contributed by atoms with Crippen LogP contribution in [0.2, 0.25) is 0 Å². The van der Waals surface area contributed by atoms with Gasteiger partial charge in [0.25, 0.3) is 5.91 Å². The first-order valence-electron chi connectivity index (χ1n) is 9.62. The smallest absolute Gasteiger partial charge is 0.387 e. The molecule has 2 aliphatic heterocycles. The van der Waals surface area contributed by atoms with Crippen LogP contribution in [-0.2, 0) is 14.3 Å². The highest BCUT2D eigenvalue weighted by atomic mass is 19.3. The van der Waals surface area contributed by atoms with Crippen molar-refractivity contribution in [1.29, 1.82) is 0 Å². The van der Waals surface area contributed by atoms with E-state index in [4.69, 9.17) is 4.74 Å². The Morgan fingerprint density at radius 3 is 2.23 bits per heavy atom. The molecule has 0 unspecified atom stereocenters. The number of nitrogens with one attached hydrogen (secondary N) is 1. The lowest BCUT2D eigenvalue weighted by atomic mass is 10.2. The number of ether oxygens (including phenoxy) is 2. The lowest BCUT2D eigenvalue weighted by molar-refractivity contribution is -0.121. The summed E-state index contributed by atoms with van der Waals surface area (Å²) in [5.41, 5.74) is 2.13. The van der Waals surface area contributed by atoms with Crippen molar-refractivity contribution in [2.24, 2.45) is 0 Å². The maximum atomic E-state index is 12.8. The quantitative estimate of drug-likeness (QED) is 0.729. The first kappa shape index (κ1) is 20.1. The zero-order valence-corrected chi connectivity index (χ0v) is 16.1.